The molecule has 1 saturated carbocycles. The Kier molecular flexibility index (Phi) is 4.18. The molecule has 0 aromatic heterocycles. The molecular formula is C21H21NO3. The second kappa shape index (κ2) is 6.63. The fraction of sp³-hybridized carbons (Fsp3) is 0.286. The Morgan fingerprint density at radius 2 is 1.80 bits per heavy atom. The summed E-state index contributed by atoms with van der Waals surface area (Å²) in [5.74, 6) is 1.42. The smallest absolute Gasteiger partial charge is 0.244 e. The fourth-order valence-corrected chi connectivity index (χ4v) is 3.16. The molecule has 1 aliphatic heterocycles. The van der Waals surface area contributed by atoms with Gasteiger partial charge in [0.25, 0.3) is 0 Å². The number of benzene rings is 2. The van der Waals surface area contributed by atoms with E-state index >= 15 is 0 Å². The summed E-state index contributed by atoms with van der Waals surface area (Å²) in [6, 6.07) is 16.1. The van der Waals surface area contributed by atoms with E-state index in [1.807, 2.05) is 24.3 Å². The molecule has 1 aliphatic carbocycles. The fourth-order valence-electron chi connectivity index (χ4n) is 3.16. The molecule has 1 fully saturated rings. The molecule has 1 amide bonds. The molecule has 4 heteroatoms. The number of hydrogen-bond donors (Lipinski definition) is 1. The molecule has 25 heavy (non-hydrogen) atoms. The van der Waals surface area contributed by atoms with E-state index in [0.29, 0.717) is 19.8 Å². The number of rotatable bonds is 5. The van der Waals surface area contributed by atoms with Gasteiger partial charge in [0, 0.05) is 18.0 Å². The zero-order valence-corrected chi connectivity index (χ0v) is 14.0. The summed E-state index contributed by atoms with van der Waals surface area (Å²) in [7, 11) is 0. The Hall–Kier alpha value is -2.75. The van der Waals surface area contributed by atoms with E-state index in [1.54, 1.807) is 12.2 Å². The molecule has 4 rings (SSSR count). The first kappa shape index (κ1) is 15.8. The molecule has 0 atom stereocenters. The molecule has 2 aromatic rings. The standard InChI is InChI=1S/C21H21NO3/c23-20(22-15-21(10-11-21)17-4-2-1-3-5-17)9-7-16-6-8-18-19(14-16)25-13-12-24-18/h1-9,14H,10-13,15H2,(H,22,23)/b9-7+. The zero-order chi connectivity index (χ0) is 17.1. The van der Waals surface area contributed by atoms with Crippen molar-refractivity contribution in [1.82, 2.24) is 5.32 Å². The number of carbonyl (C=O) groups excluding carboxylic acids is 1. The Morgan fingerprint density at radius 3 is 2.56 bits per heavy atom. The van der Waals surface area contributed by atoms with Crippen LogP contribution in [0.4, 0.5) is 0 Å². The maximum atomic E-state index is 12.2. The SMILES string of the molecule is O=C(/C=C/c1ccc2c(c1)OCCO2)NCC1(c2ccccc2)CC1. The van der Waals surface area contributed by atoms with Crippen LogP contribution < -0.4 is 14.8 Å². The Labute approximate surface area is 147 Å². The van der Waals surface area contributed by atoms with Crippen molar-refractivity contribution in [3.63, 3.8) is 0 Å². The lowest BCUT2D eigenvalue weighted by atomic mass is 9.96. The highest BCUT2D eigenvalue weighted by Gasteiger charge is 2.44. The maximum absolute atomic E-state index is 12.2. The third-order valence-corrected chi connectivity index (χ3v) is 4.83. The molecule has 0 bridgehead atoms. The van der Waals surface area contributed by atoms with Gasteiger partial charge >= 0.3 is 0 Å². The summed E-state index contributed by atoms with van der Waals surface area (Å²) in [6.45, 7) is 1.82. The Balaban J connectivity index is 1.35. The molecule has 128 valence electrons. The highest BCUT2D eigenvalue weighted by Crippen LogP contribution is 2.47. The molecule has 0 spiro atoms. The van der Waals surface area contributed by atoms with Gasteiger partial charge in [0.1, 0.15) is 13.2 Å². The summed E-state index contributed by atoms with van der Waals surface area (Å²) in [5.41, 5.74) is 2.36. The second-order valence-corrected chi connectivity index (χ2v) is 6.60. The van der Waals surface area contributed by atoms with Crippen LogP contribution in [0.3, 0.4) is 0 Å². The lowest BCUT2D eigenvalue weighted by Gasteiger charge is -2.18. The summed E-state index contributed by atoms with van der Waals surface area (Å²) in [6.07, 6.45) is 5.63. The highest BCUT2D eigenvalue weighted by molar-refractivity contribution is 5.91. The van der Waals surface area contributed by atoms with E-state index < -0.39 is 0 Å². The Morgan fingerprint density at radius 1 is 1.04 bits per heavy atom. The third-order valence-electron chi connectivity index (χ3n) is 4.83. The minimum absolute atomic E-state index is 0.0721. The summed E-state index contributed by atoms with van der Waals surface area (Å²) < 4.78 is 11.1. The van der Waals surface area contributed by atoms with Gasteiger partial charge in [-0.25, -0.2) is 0 Å². The van der Waals surface area contributed by atoms with Crippen LogP contribution in [0.5, 0.6) is 11.5 Å². The lowest BCUT2D eigenvalue weighted by molar-refractivity contribution is -0.116. The monoisotopic (exact) mass is 335 g/mol. The maximum Gasteiger partial charge on any atom is 0.244 e. The van der Waals surface area contributed by atoms with Gasteiger partial charge in [-0.15, -0.1) is 0 Å². The number of amides is 1. The summed E-state index contributed by atoms with van der Waals surface area (Å²) >= 11 is 0. The van der Waals surface area contributed by atoms with Crippen molar-refractivity contribution in [1.29, 1.82) is 0 Å². The van der Waals surface area contributed by atoms with Gasteiger partial charge in [0.15, 0.2) is 11.5 Å². The summed E-state index contributed by atoms with van der Waals surface area (Å²) in [5, 5.41) is 3.03. The number of ether oxygens (including phenoxy) is 2. The van der Waals surface area contributed by atoms with E-state index in [-0.39, 0.29) is 11.3 Å². The first-order valence-electron chi connectivity index (χ1n) is 8.66. The normalized spacial score (nSPS) is 17.3. The lowest BCUT2D eigenvalue weighted by Crippen LogP contribution is -2.30. The quantitative estimate of drug-likeness (QED) is 0.853. The number of fused-ring (bicyclic) bond motifs is 1. The molecule has 4 nitrogen and oxygen atoms in total. The molecule has 0 saturated heterocycles. The first-order valence-corrected chi connectivity index (χ1v) is 8.66. The van der Waals surface area contributed by atoms with E-state index in [2.05, 4.69) is 29.6 Å². The van der Waals surface area contributed by atoms with Crippen molar-refractivity contribution in [2.75, 3.05) is 19.8 Å². The molecule has 1 heterocycles. The number of carbonyl (C=O) groups is 1. The van der Waals surface area contributed by atoms with Gasteiger partial charge in [0.2, 0.25) is 5.91 Å². The van der Waals surface area contributed by atoms with E-state index in [4.69, 9.17) is 9.47 Å². The number of hydrogen-bond acceptors (Lipinski definition) is 3. The summed E-state index contributed by atoms with van der Waals surface area (Å²) in [4.78, 5) is 12.2. The van der Waals surface area contributed by atoms with Crippen molar-refractivity contribution in [3.05, 3.63) is 65.7 Å². The predicted octanol–water partition coefficient (Wildman–Crippen LogP) is 3.32. The van der Waals surface area contributed by atoms with Gasteiger partial charge in [0.05, 0.1) is 0 Å². The first-order chi connectivity index (χ1) is 12.3. The van der Waals surface area contributed by atoms with Gasteiger partial charge in [-0.3, -0.25) is 4.79 Å². The average molecular weight is 335 g/mol. The minimum atomic E-state index is -0.0721. The molecule has 0 radical (unpaired) electrons. The van der Waals surface area contributed by atoms with Gasteiger partial charge in [-0.05, 0) is 42.2 Å². The second-order valence-electron chi connectivity index (χ2n) is 6.60. The molecule has 0 unspecified atom stereocenters. The molecule has 1 N–H and O–H groups in total. The van der Waals surface area contributed by atoms with Crippen LogP contribution >= 0.6 is 0 Å². The average Bonchev–Trinajstić information content (AvgIpc) is 3.46. The largest absolute Gasteiger partial charge is 0.486 e. The predicted molar refractivity (Wildman–Crippen MR) is 96.8 cm³/mol. The van der Waals surface area contributed by atoms with Gasteiger partial charge < -0.3 is 14.8 Å². The van der Waals surface area contributed by atoms with Crippen molar-refractivity contribution in [2.45, 2.75) is 18.3 Å². The molecular weight excluding hydrogens is 314 g/mol. The molecule has 2 aromatic carbocycles. The number of nitrogens with one attached hydrogen (secondary N) is 1. The van der Waals surface area contributed by atoms with Crippen molar-refractivity contribution < 1.29 is 14.3 Å². The van der Waals surface area contributed by atoms with E-state index in [1.165, 1.54) is 5.56 Å². The topological polar surface area (TPSA) is 47.6 Å². The Bertz CT molecular complexity index is 794. The van der Waals surface area contributed by atoms with Crippen LogP contribution in [-0.4, -0.2) is 25.7 Å². The van der Waals surface area contributed by atoms with Crippen molar-refractivity contribution >= 4 is 12.0 Å². The van der Waals surface area contributed by atoms with Crippen LogP contribution in [0, 0.1) is 0 Å². The third kappa shape index (κ3) is 3.53. The van der Waals surface area contributed by atoms with E-state index in [9.17, 15) is 4.79 Å². The van der Waals surface area contributed by atoms with Crippen LogP contribution in [-0.2, 0) is 10.2 Å². The minimum Gasteiger partial charge on any atom is -0.486 e. The van der Waals surface area contributed by atoms with Crippen LogP contribution in [0.2, 0.25) is 0 Å². The van der Waals surface area contributed by atoms with Gasteiger partial charge in [-0.1, -0.05) is 36.4 Å². The van der Waals surface area contributed by atoms with Crippen LogP contribution in [0.25, 0.3) is 6.08 Å². The van der Waals surface area contributed by atoms with E-state index in [0.717, 1.165) is 29.9 Å². The van der Waals surface area contributed by atoms with Crippen molar-refractivity contribution in [3.8, 4) is 11.5 Å². The van der Waals surface area contributed by atoms with Gasteiger partial charge in [-0.2, -0.15) is 0 Å². The van der Waals surface area contributed by atoms with Crippen LogP contribution in [0.15, 0.2) is 54.6 Å². The van der Waals surface area contributed by atoms with Crippen LogP contribution in [0.1, 0.15) is 24.0 Å². The van der Waals surface area contributed by atoms with Crippen molar-refractivity contribution in [2.24, 2.45) is 0 Å². The zero-order valence-electron chi connectivity index (χ0n) is 14.0. The molecule has 2 aliphatic rings. The highest BCUT2D eigenvalue weighted by atomic mass is 16.6.